The van der Waals surface area contributed by atoms with E-state index in [1.165, 1.54) is 18.2 Å². The van der Waals surface area contributed by atoms with Crippen LogP contribution in [0.3, 0.4) is 0 Å². The molecule has 0 unspecified atom stereocenters. The highest BCUT2D eigenvalue weighted by molar-refractivity contribution is 6.31. The van der Waals surface area contributed by atoms with Crippen LogP contribution in [-0.4, -0.2) is 33.9 Å². The molecule has 116 valence electrons. The highest BCUT2D eigenvalue weighted by atomic mass is 35.5. The number of aromatic hydroxyl groups is 1. The molecule has 0 aromatic heterocycles. The van der Waals surface area contributed by atoms with Crippen LogP contribution in [0.15, 0.2) is 18.2 Å². The van der Waals surface area contributed by atoms with Crippen molar-refractivity contribution in [1.82, 2.24) is 5.32 Å². The summed E-state index contributed by atoms with van der Waals surface area (Å²) in [7, 11) is 0. The SMILES string of the molecule is CC(C)(C)OC(=O)N[C@H](Cc1ccc(O)cc1Cl)C(=O)O. The number of benzene rings is 1. The minimum atomic E-state index is -1.20. The molecular formula is C14H18ClNO5. The van der Waals surface area contributed by atoms with Crippen molar-refractivity contribution in [3.63, 3.8) is 0 Å². The van der Waals surface area contributed by atoms with Gasteiger partial charge in [-0.1, -0.05) is 17.7 Å². The van der Waals surface area contributed by atoms with Gasteiger partial charge < -0.3 is 20.3 Å². The summed E-state index contributed by atoms with van der Waals surface area (Å²) in [6.07, 6.45) is -0.835. The lowest BCUT2D eigenvalue weighted by atomic mass is 10.1. The summed E-state index contributed by atoms with van der Waals surface area (Å²) in [6.45, 7) is 5.04. The molecule has 6 nitrogen and oxygen atoms in total. The Hall–Kier alpha value is -1.95. The predicted molar refractivity (Wildman–Crippen MR) is 77.6 cm³/mol. The van der Waals surface area contributed by atoms with E-state index in [9.17, 15) is 14.7 Å². The van der Waals surface area contributed by atoms with Crippen molar-refractivity contribution < 1.29 is 24.5 Å². The van der Waals surface area contributed by atoms with Crippen molar-refractivity contribution in [2.75, 3.05) is 0 Å². The minimum absolute atomic E-state index is 0.0178. The molecular weight excluding hydrogens is 298 g/mol. The molecule has 0 radical (unpaired) electrons. The van der Waals surface area contributed by atoms with E-state index in [0.29, 0.717) is 5.56 Å². The summed E-state index contributed by atoms with van der Waals surface area (Å²) in [5, 5.41) is 20.9. The Morgan fingerprint density at radius 2 is 2.00 bits per heavy atom. The van der Waals surface area contributed by atoms with Gasteiger partial charge in [-0.05, 0) is 38.5 Å². The first kappa shape index (κ1) is 17.1. The van der Waals surface area contributed by atoms with Gasteiger partial charge in [0.25, 0.3) is 0 Å². The van der Waals surface area contributed by atoms with E-state index in [4.69, 9.17) is 21.4 Å². The summed E-state index contributed by atoms with van der Waals surface area (Å²) in [5.74, 6) is -1.22. The minimum Gasteiger partial charge on any atom is -0.508 e. The van der Waals surface area contributed by atoms with Gasteiger partial charge in [-0.15, -0.1) is 0 Å². The number of nitrogens with one attached hydrogen (secondary N) is 1. The molecule has 0 aliphatic heterocycles. The maximum Gasteiger partial charge on any atom is 0.408 e. The smallest absolute Gasteiger partial charge is 0.408 e. The maximum atomic E-state index is 11.6. The van der Waals surface area contributed by atoms with Gasteiger partial charge in [-0.3, -0.25) is 0 Å². The van der Waals surface area contributed by atoms with Crippen molar-refractivity contribution in [2.45, 2.75) is 38.8 Å². The molecule has 0 aliphatic rings. The lowest BCUT2D eigenvalue weighted by Crippen LogP contribution is -2.44. The number of amides is 1. The molecule has 1 aromatic rings. The number of rotatable bonds is 4. The van der Waals surface area contributed by atoms with Crippen molar-refractivity contribution in [2.24, 2.45) is 0 Å². The fourth-order valence-electron chi connectivity index (χ4n) is 1.57. The first-order valence-corrected chi connectivity index (χ1v) is 6.66. The third-order valence-electron chi connectivity index (χ3n) is 2.45. The van der Waals surface area contributed by atoms with Gasteiger partial charge in [-0.25, -0.2) is 9.59 Å². The van der Waals surface area contributed by atoms with Crippen LogP contribution in [-0.2, 0) is 16.0 Å². The van der Waals surface area contributed by atoms with Gasteiger partial charge in [0, 0.05) is 11.4 Å². The third-order valence-corrected chi connectivity index (χ3v) is 2.80. The van der Waals surface area contributed by atoms with Crippen molar-refractivity contribution in [3.8, 4) is 5.75 Å². The zero-order valence-electron chi connectivity index (χ0n) is 12.0. The molecule has 0 heterocycles. The van der Waals surface area contributed by atoms with Gasteiger partial charge in [-0.2, -0.15) is 0 Å². The average Bonchev–Trinajstić information content (AvgIpc) is 2.28. The summed E-state index contributed by atoms with van der Waals surface area (Å²) >= 11 is 5.92. The number of alkyl carbamates (subject to hydrolysis) is 1. The van der Waals surface area contributed by atoms with E-state index >= 15 is 0 Å². The molecule has 0 bridgehead atoms. The molecule has 0 saturated carbocycles. The maximum absolute atomic E-state index is 11.6. The van der Waals surface area contributed by atoms with E-state index in [2.05, 4.69) is 5.32 Å². The molecule has 1 atom stereocenters. The Labute approximate surface area is 127 Å². The molecule has 0 saturated heterocycles. The first-order valence-electron chi connectivity index (χ1n) is 6.28. The quantitative estimate of drug-likeness (QED) is 0.793. The van der Waals surface area contributed by atoms with E-state index in [0.717, 1.165) is 0 Å². The highest BCUT2D eigenvalue weighted by Crippen LogP contribution is 2.22. The molecule has 0 aliphatic carbocycles. The second-order valence-electron chi connectivity index (χ2n) is 5.52. The lowest BCUT2D eigenvalue weighted by molar-refractivity contribution is -0.139. The van der Waals surface area contributed by atoms with Crippen molar-refractivity contribution in [3.05, 3.63) is 28.8 Å². The van der Waals surface area contributed by atoms with Gasteiger partial charge in [0.1, 0.15) is 17.4 Å². The van der Waals surface area contributed by atoms with Crippen molar-refractivity contribution >= 4 is 23.7 Å². The molecule has 1 rings (SSSR count). The van der Waals surface area contributed by atoms with Crippen LogP contribution in [0.1, 0.15) is 26.3 Å². The van der Waals surface area contributed by atoms with Gasteiger partial charge in [0.05, 0.1) is 0 Å². The average molecular weight is 316 g/mol. The molecule has 7 heteroatoms. The highest BCUT2D eigenvalue weighted by Gasteiger charge is 2.24. The monoisotopic (exact) mass is 315 g/mol. The van der Waals surface area contributed by atoms with E-state index in [1.54, 1.807) is 20.8 Å². The molecule has 1 amide bonds. The predicted octanol–water partition coefficient (Wildman–Crippen LogP) is 2.57. The van der Waals surface area contributed by atoms with E-state index in [1.807, 2.05) is 0 Å². The molecule has 0 spiro atoms. The van der Waals surface area contributed by atoms with Crippen molar-refractivity contribution in [1.29, 1.82) is 0 Å². The lowest BCUT2D eigenvalue weighted by Gasteiger charge is -2.22. The number of carbonyl (C=O) groups is 2. The summed E-state index contributed by atoms with van der Waals surface area (Å²) in [6, 6.07) is 3.03. The summed E-state index contributed by atoms with van der Waals surface area (Å²) in [4.78, 5) is 22.9. The molecule has 0 fully saturated rings. The number of hydrogen-bond acceptors (Lipinski definition) is 4. The first-order chi connectivity index (χ1) is 9.58. The van der Waals surface area contributed by atoms with Crippen LogP contribution in [0, 0.1) is 0 Å². The number of hydrogen-bond donors (Lipinski definition) is 3. The Balaban J connectivity index is 2.79. The normalized spacial score (nSPS) is 12.6. The Morgan fingerprint density at radius 1 is 1.38 bits per heavy atom. The topological polar surface area (TPSA) is 95.9 Å². The number of carboxylic acids is 1. The number of aliphatic carboxylic acids is 1. The fourth-order valence-corrected chi connectivity index (χ4v) is 1.82. The van der Waals surface area contributed by atoms with Gasteiger partial charge in [0.2, 0.25) is 0 Å². The number of phenolic OH excluding ortho intramolecular Hbond substituents is 1. The number of carboxylic acid groups (broad SMARTS) is 1. The van der Waals surface area contributed by atoms with Crippen LogP contribution in [0.25, 0.3) is 0 Å². The molecule has 21 heavy (non-hydrogen) atoms. The number of halogens is 1. The summed E-state index contributed by atoms with van der Waals surface area (Å²) < 4.78 is 5.02. The second-order valence-corrected chi connectivity index (χ2v) is 5.92. The van der Waals surface area contributed by atoms with Crippen LogP contribution < -0.4 is 5.32 Å². The van der Waals surface area contributed by atoms with Crippen LogP contribution in [0.5, 0.6) is 5.75 Å². The Morgan fingerprint density at radius 3 is 2.48 bits per heavy atom. The van der Waals surface area contributed by atoms with Crippen LogP contribution in [0.2, 0.25) is 5.02 Å². The second kappa shape index (κ2) is 6.67. The van der Waals surface area contributed by atoms with Gasteiger partial charge >= 0.3 is 12.1 Å². The molecule has 3 N–H and O–H groups in total. The summed E-state index contributed by atoms with van der Waals surface area (Å²) in [5.41, 5.74) is -0.221. The number of phenols is 1. The third kappa shape index (κ3) is 5.91. The zero-order chi connectivity index (χ0) is 16.2. The number of carbonyl (C=O) groups excluding carboxylic acids is 1. The van der Waals surface area contributed by atoms with Crippen LogP contribution >= 0.6 is 11.6 Å². The van der Waals surface area contributed by atoms with E-state index < -0.39 is 23.7 Å². The Kier molecular flexibility index (Phi) is 5.43. The van der Waals surface area contributed by atoms with E-state index in [-0.39, 0.29) is 17.2 Å². The van der Waals surface area contributed by atoms with Crippen LogP contribution in [0.4, 0.5) is 4.79 Å². The van der Waals surface area contributed by atoms with Gasteiger partial charge in [0.15, 0.2) is 0 Å². The fraction of sp³-hybridized carbons (Fsp3) is 0.429. The largest absolute Gasteiger partial charge is 0.508 e. The zero-order valence-corrected chi connectivity index (χ0v) is 12.8. The number of ether oxygens (including phenoxy) is 1. The Bertz CT molecular complexity index is 539. The molecule has 1 aromatic carbocycles. The standard InChI is InChI=1S/C14H18ClNO5/c1-14(2,3)21-13(20)16-11(12(18)19)6-8-4-5-9(17)7-10(8)15/h4-5,7,11,17H,6H2,1-3H3,(H,16,20)(H,18,19)/t11-/m1/s1.